The molecule has 1 aliphatic heterocycles. The van der Waals surface area contributed by atoms with Gasteiger partial charge in [-0.05, 0) is 43.7 Å². The number of likely N-dealkylation sites (tertiary alicyclic amines) is 1. The number of ether oxygens (including phenoxy) is 1. The average Bonchev–Trinajstić information content (AvgIpc) is 2.77. The number of amides is 2. The maximum absolute atomic E-state index is 13.3. The third-order valence-corrected chi connectivity index (χ3v) is 6.17. The summed E-state index contributed by atoms with van der Waals surface area (Å²) in [4.78, 5) is 27.9. The van der Waals surface area contributed by atoms with Crippen LogP contribution in [0.2, 0.25) is 0 Å². The van der Waals surface area contributed by atoms with Crippen molar-refractivity contribution in [1.29, 1.82) is 5.26 Å². The lowest BCUT2D eigenvalue weighted by Crippen LogP contribution is -2.52. The van der Waals surface area contributed by atoms with Crippen LogP contribution in [0.15, 0.2) is 24.3 Å². The Balaban J connectivity index is 1.64. The fraction of sp³-hybridized carbons (Fsp3) is 0.625. The molecular weight excluding hydrogens is 378 g/mol. The number of carbonyl (C=O) groups is 2. The lowest BCUT2D eigenvalue weighted by atomic mass is 9.92. The van der Waals surface area contributed by atoms with E-state index in [4.69, 9.17) is 4.74 Å². The Morgan fingerprint density at radius 3 is 2.57 bits per heavy atom. The number of nitrogens with one attached hydrogen (secondary N) is 1. The molecule has 2 unspecified atom stereocenters. The summed E-state index contributed by atoms with van der Waals surface area (Å²) in [5.74, 6) is 0.185. The summed E-state index contributed by atoms with van der Waals surface area (Å²) < 4.78 is 6.02. The molecule has 0 radical (unpaired) electrons. The number of hydrogen-bond donors (Lipinski definition) is 1. The van der Waals surface area contributed by atoms with Crippen LogP contribution in [-0.4, -0.2) is 41.9 Å². The molecule has 3 rings (SSSR count). The summed E-state index contributed by atoms with van der Waals surface area (Å²) in [7, 11) is 0. The van der Waals surface area contributed by atoms with Gasteiger partial charge in [0.25, 0.3) is 5.91 Å². The van der Waals surface area contributed by atoms with Gasteiger partial charge in [-0.1, -0.05) is 45.2 Å². The first-order chi connectivity index (χ1) is 14.5. The van der Waals surface area contributed by atoms with E-state index in [1.165, 1.54) is 19.3 Å². The molecule has 2 fully saturated rings. The Morgan fingerprint density at radius 2 is 1.87 bits per heavy atom. The molecule has 0 spiro atoms. The van der Waals surface area contributed by atoms with E-state index < -0.39 is 6.10 Å². The van der Waals surface area contributed by atoms with Crippen LogP contribution in [0, 0.1) is 23.2 Å². The van der Waals surface area contributed by atoms with Crippen molar-refractivity contribution in [1.82, 2.24) is 10.2 Å². The SMILES string of the molecule is CC(C)C(Oc1ccccc1C#N)C(=O)N1CCCC(C(=O)NC2CCCCC2)C1. The third-order valence-electron chi connectivity index (χ3n) is 6.17. The Kier molecular flexibility index (Phi) is 7.73. The van der Waals surface area contributed by atoms with E-state index in [0.29, 0.717) is 24.4 Å². The van der Waals surface area contributed by atoms with Crippen molar-refractivity contribution in [3.05, 3.63) is 29.8 Å². The number of nitrogens with zero attached hydrogens (tertiary/aromatic N) is 2. The number of nitriles is 1. The molecule has 1 saturated carbocycles. The largest absolute Gasteiger partial charge is 0.479 e. The molecule has 6 nitrogen and oxygen atoms in total. The van der Waals surface area contributed by atoms with Gasteiger partial charge >= 0.3 is 0 Å². The smallest absolute Gasteiger partial charge is 0.263 e. The highest BCUT2D eigenvalue weighted by Crippen LogP contribution is 2.25. The second-order valence-corrected chi connectivity index (χ2v) is 8.86. The number of rotatable bonds is 6. The molecule has 1 aliphatic carbocycles. The van der Waals surface area contributed by atoms with Crippen molar-refractivity contribution in [2.24, 2.45) is 11.8 Å². The molecule has 2 aliphatic rings. The molecule has 2 amide bonds. The number of para-hydroxylation sites is 1. The average molecular weight is 412 g/mol. The summed E-state index contributed by atoms with van der Waals surface area (Å²) >= 11 is 0. The second kappa shape index (κ2) is 10.5. The van der Waals surface area contributed by atoms with Crippen molar-refractivity contribution >= 4 is 11.8 Å². The zero-order valence-electron chi connectivity index (χ0n) is 18.1. The van der Waals surface area contributed by atoms with Crippen LogP contribution in [0.25, 0.3) is 0 Å². The van der Waals surface area contributed by atoms with E-state index in [1.54, 1.807) is 29.2 Å². The van der Waals surface area contributed by atoms with Crippen LogP contribution in [0.1, 0.15) is 64.4 Å². The van der Waals surface area contributed by atoms with E-state index in [-0.39, 0.29) is 29.7 Å². The summed E-state index contributed by atoms with van der Waals surface area (Å²) in [6, 6.07) is 9.38. The number of piperidine rings is 1. The molecule has 1 N–H and O–H groups in total. The van der Waals surface area contributed by atoms with E-state index in [1.807, 2.05) is 13.8 Å². The van der Waals surface area contributed by atoms with Gasteiger partial charge in [-0.2, -0.15) is 5.26 Å². The van der Waals surface area contributed by atoms with Crippen LogP contribution in [0.5, 0.6) is 5.75 Å². The molecule has 6 heteroatoms. The van der Waals surface area contributed by atoms with E-state index in [0.717, 1.165) is 25.7 Å². The zero-order valence-corrected chi connectivity index (χ0v) is 18.1. The third kappa shape index (κ3) is 5.53. The second-order valence-electron chi connectivity index (χ2n) is 8.86. The molecule has 0 aromatic heterocycles. The standard InChI is InChI=1S/C24H33N3O3/c1-17(2)22(30-21-13-7-6-9-18(21)15-25)24(29)27-14-8-10-19(16-27)23(28)26-20-11-4-3-5-12-20/h6-7,9,13,17,19-20,22H,3-5,8,10-12,14,16H2,1-2H3,(H,26,28). The summed E-state index contributed by atoms with van der Waals surface area (Å²) in [6.45, 7) is 4.95. The van der Waals surface area contributed by atoms with Crippen molar-refractivity contribution in [3.63, 3.8) is 0 Å². The molecule has 1 aromatic carbocycles. The lowest BCUT2D eigenvalue weighted by molar-refractivity contribution is -0.144. The number of carbonyl (C=O) groups excluding carboxylic acids is 2. The Labute approximate surface area is 179 Å². The van der Waals surface area contributed by atoms with Gasteiger partial charge in [-0.15, -0.1) is 0 Å². The van der Waals surface area contributed by atoms with Gasteiger partial charge in [0.2, 0.25) is 5.91 Å². The number of hydrogen-bond acceptors (Lipinski definition) is 4. The molecule has 1 saturated heterocycles. The summed E-state index contributed by atoms with van der Waals surface area (Å²) in [6.07, 6.45) is 6.67. The van der Waals surface area contributed by atoms with E-state index in [9.17, 15) is 14.9 Å². The van der Waals surface area contributed by atoms with Crippen molar-refractivity contribution in [2.45, 2.75) is 70.9 Å². The van der Waals surface area contributed by atoms with Gasteiger partial charge in [0.05, 0.1) is 11.5 Å². The van der Waals surface area contributed by atoms with Crippen LogP contribution in [-0.2, 0) is 9.59 Å². The van der Waals surface area contributed by atoms with Crippen molar-refractivity contribution in [2.75, 3.05) is 13.1 Å². The predicted octanol–water partition coefficient (Wildman–Crippen LogP) is 3.65. The molecule has 162 valence electrons. The molecule has 0 bridgehead atoms. The highest BCUT2D eigenvalue weighted by Gasteiger charge is 2.35. The van der Waals surface area contributed by atoms with Gasteiger partial charge in [0, 0.05) is 19.1 Å². The first-order valence-electron chi connectivity index (χ1n) is 11.2. The minimum Gasteiger partial charge on any atom is -0.479 e. The minimum absolute atomic E-state index is 0.0549. The summed E-state index contributed by atoms with van der Waals surface area (Å²) in [5.41, 5.74) is 0.416. The van der Waals surface area contributed by atoms with Crippen LogP contribution in [0.3, 0.4) is 0 Å². The van der Waals surface area contributed by atoms with Crippen LogP contribution >= 0.6 is 0 Å². The Hall–Kier alpha value is -2.55. The van der Waals surface area contributed by atoms with Gasteiger partial charge in [-0.3, -0.25) is 9.59 Å². The van der Waals surface area contributed by atoms with Crippen molar-refractivity contribution < 1.29 is 14.3 Å². The normalized spacial score (nSPS) is 21.0. The first kappa shape index (κ1) is 22.1. The Bertz CT molecular complexity index is 780. The zero-order chi connectivity index (χ0) is 21.5. The highest BCUT2D eigenvalue weighted by atomic mass is 16.5. The van der Waals surface area contributed by atoms with Crippen LogP contribution in [0.4, 0.5) is 0 Å². The fourth-order valence-corrected chi connectivity index (χ4v) is 4.41. The maximum Gasteiger partial charge on any atom is 0.263 e. The van der Waals surface area contributed by atoms with E-state index in [2.05, 4.69) is 11.4 Å². The Morgan fingerprint density at radius 1 is 1.13 bits per heavy atom. The van der Waals surface area contributed by atoms with Gasteiger partial charge < -0.3 is 15.0 Å². The molecule has 30 heavy (non-hydrogen) atoms. The van der Waals surface area contributed by atoms with Gasteiger partial charge in [0.1, 0.15) is 11.8 Å². The monoisotopic (exact) mass is 411 g/mol. The predicted molar refractivity (Wildman–Crippen MR) is 115 cm³/mol. The topological polar surface area (TPSA) is 82.4 Å². The van der Waals surface area contributed by atoms with Gasteiger partial charge in [-0.25, -0.2) is 0 Å². The first-order valence-corrected chi connectivity index (χ1v) is 11.2. The van der Waals surface area contributed by atoms with Gasteiger partial charge in [0.15, 0.2) is 6.10 Å². The maximum atomic E-state index is 13.3. The number of benzene rings is 1. The molecule has 1 aromatic rings. The van der Waals surface area contributed by atoms with E-state index >= 15 is 0 Å². The molecule has 1 heterocycles. The highest BCUT2D eigenvalue weighted by molar-refractivity contribution is 5.84. The molecule has 2 atom stereocenters. The fourth-order valence-electron chi connectivity index (χ4n) is 4.41. The quantitative estimate of drug-likeness (QED) is 0.775. The van der Waals surface area contributed by atoms with Crippen LogP contribution < -0.4 is 10.1 Å². The van der Waals surface area contributed by atoms with Crippen molar-refractivity contribution in [3.8, 4) is 11.8 Å². The lowest BCUT2D eigenvalue weighted by Gasteiger charge is -2.36. The summed E-state index contributed by atoms with van der Waals surface area (Å²) in [5, 5.41) is 12.5. The molecular formula is C24H33N3O3. The minimum atomic E-state index is -0.681.